The van der Waals surface area contributed by atoms with Crippen molar-refractivity contribution in [2.75, 3.05) is 0 Å². The Bertz CT molecular complexity index is 833. The third-order valence-electron chi connectivity index (χ3n) is 2.97. The van der Waals surface area contributed by atoms with E-state index in [1.807, 2.05) is 0 Å². The molecule has 2 heterocycles. The van der Waals surface area contributed by atoms with Gasteiger partial charge in [-0.15, -0.1) is 0 Å². The number of carboxylic acids is 1. The Morgan fingerprint density at radius 3 is 2.67 bits per heavy atom. The molecule has 0 aliphatic heterocycles. The van der Waals surface area contributed by atoms with Crippen LogP contribution in [-0.4, -0.2) is 21.2 Å². The van der Waals surface area contributed by atoms with Crippen LogP contribution in [0.2, 0.25) is 0 Å². The minimum Gasteiger partial charge on any atom is -0.475 e. The maximum Gasteiger partial charge on any atom is 0.417 e. The van der Waals surface area contributed by atoms with E-state index in [-0.39, 0.29) is 28.1 Å². The molecule has 1 aromatic carbocycles. The summed E-state index contributed by atoms with van der Waals surface area (Å²) in [5.74, 6) is -1.69. The number of alkyl halides is 3. The van der Waals surface area contributed by atoms with Gasteiger partial charge in [-0.3, -0.25) is 0 Å². The number of carbonyl (C=O) groups is 1. The second-order valence-corrected chi connectivity index (χ2v) is 4.33. The number of carboxylic acid groups (broad SMARTS) is 1. The maximum atomic E-state index is 12.9. The van der Waals surface area contributed by atoms with Crippen molar-refractivity contribution in [3.63, 3.8) is 0 Å². The Morgan fingerprint density at radius 1 is 1.29 bits per heavy atom. The van der Waals surface area contributed by atoms with Crippen molar-refractivity contribution in [3.8, 4) is 11.4 Å². The first-order valence-electron chi connectivity index (χ1n) is 5.75. The smallest absolute Gasteiger partial charge is 0.417 e. The van der Waals surface area contributed by atoms with Gasteiger partial charge in [-0.25, -0.2) is 4.79 Å². The summed E-state index contributed by atoms with van der Waals surface area (Å²) in [5, 5.41) is 12.3. The number of H-pyrrole nitrogens is 1. The van der Waals surface area contributed by atoms with E-state index in [0.717, 1.165) is 12.1 Å². The zero-order valence-electron chi connectivity index (χ0n) is 10.2. The molecule has 0 saturated carbocycles. The van der Waals surface area contributed by atoms with Gasteiger partial charge in [0.25, 0.3) is 0 Å². The first-order chi connectivity index (χ1) is 9.86. The number of aromatic amines is 1. The largest absolute Gasteiger partial charge is 0.475 e. The van der Waals surface area contributed by atoms with Crippen LogP contribution in [0.1, 0.15) is 16.1 Å². The standard InChI is InChI=1S/C13H7F3N2O3/c14-13(15,16)7-2-1-3-8-6(7)4-9(17-8)10-5-11(12(19)20)21-18-10/h1-5,17H,(H,19,20). The normalized spacial score (nSPS) is 12.0. The molecule has 3 aromatic rings. The highest BCUT2D eigenvalue weighted by Gasteiger charge is 2.33. The SMILES string of the molecule is O=C(O)c1cc(-c2cc3c(C(F)(F)F)cccc3[nH]2)no1. The second-order valence-electron chi connectivity index (χ2n) is 4.33. The molecule has 0 aliphatic rings. The summed E-state index contributed by atoms with van der Waals surface area (Å²) in [7, 11) is 0. The zero-order chi connectivity index (χ0) is 15.2. The first kappa shape index (κ1) is 13.2. The summed E-state index contributed by atoms with van der Waals surface area (Å²) in [5.41, 5.74) is -0.126. The molecule has 0 unspecified atom stereocenters. The van der Waals surface area contributed by atoms with E-state index in [1.165, 1.54) is 18.2 Å². The number of rotatable bonds is 2. The van der Waals surface area contributed by atoms with Crippen molar-refractivity contribution in [2.24, 2.45) is 0 Å². The summed E-state index contributed by atoms with van der Waals surface area (Å²) >= 11 is 0. The lowest BCUT2D eigenvalue weighted by atomic mass is 10.1. The predicted octanol–water partition coefficient (Wildman–Crippen LogP) is 3.54. The van der Waals surface area contributed by atoms with Crippen LogP contribution in [0.3, 0.4) is 0 Å². The third kappa shape index (κ3) is 2.24. The highest BCUT2D eigenvalue weighted by atomic mass is 19.4. The maximum absolute atomic E-state index is 12.9. The fourth-order valence-corrected chi connectivity index (χ4v) is 2.04. The van der Waals surface area contributed by atoms with Gasteiger partial charge in [0, 0.05) is 17.0 Å². The van der Waals surface area contributed by atoms with Crippen LogP contribution in [0.15, 0.2) is 34.9 Å². The van der Waals surface area contributed by atoms with E-state index < -0.39 is 17.7 Å². The highest BCUT2D eigenvalue weighted by Crippen LogP contribution is 2.36. The van der Waals surface area contributed by atoms with Crippen molar-refractivity contribution in [1.82, 2.24) is 10.1 Å². The molecule has 0 amide bonds. The minimum absolute atomic E-state index is 0.0140. The highest BCUT2D eigenvalue weighted by molar-refractivity contribution is 5.90. The zero-order valence-corrected chi connectivity index (χ0v) is 10.2. The van der Waals surface area contributed by atoms with E-state index in [0.29, 0.717) is 0 Å². The van der Waals surface area contributed by atoms with Crippen LogP contribution >= 0.6 is 0 Å². The second kappa shape index (κ2) is 4.37. The molecule has 108 valence electrons. The molecule has 0 spiro atoms. The van der Waals surface area contributed by atoms with E-state index >= 15 is 0 Å². The number of hydrogen-bond donors (Lipinski definition) is 2. The lowest BCUT2D eigenvalue weighted by Gasteiger charge is -2.06. The lowest BCUT2D eigenvalue weighted by Crippen LogP contribution is -2.04. The van der Waals surface area contributed by atoms with Crippen LogP contribution in [0.25, 0.3) is 22.3 Å². The van der Waals surface area contributed by atoms with Gasteiger partial charge < -0.3 is 14.6 Å². The average molecular weight is 296 g/mol. The van der Waals surface area contributed by atoms with Crippen LogP contribution in [-0.2, 0) is 6.18 Å². The van der Waals surface area contributed by atoms with Crippen molar-refractivity contribution >= 4 is 16.9 Å². The van der Waals surface area contributed by atoms with Gasteiger partial charge >= 0.3 is 12.1 Å². The van der Waals surface area contributed by atoms with Crippen LogP contribution in [0.4, 0.5) is 13.2 Å². The molecule has 5 nitrogen and oxygen atoms in total. The molecule has 21 heavy (non-hydrogen) atoms. The number of nitrogens with one attached hydrogen (secondary N) is 1. The van der Waals surface area contributed by atoms with E-state index in [9.17, 15) is 18.0 Å². The molecule has 8 heteroatoms. The molecule has 2 aromatic heterocycles. The predicted molar refractivity (Wildman–Crippen MR) is 65.8 cm³/mol. The van der Waals surface area contributed by atoms with Crippen molar-refractivity contribution in [2.45, 2.75) is 6.18 Å². The number of hydrogen-bond acceptors (Lipinski definition) is 3. The van der Waals surface area contributed by atoms with Crippen LogP contribution < -0.4 is 0 Å². The fourth-order valence-electron chi connectivity index (χ4n) is 2.04. The van der Waals surface area contributed by atoms with Gasteiger partial charge in [0.1, 0.15) is 5.69 Å². The van der Waals surface area contributed by atoms with Gasteiger partial charge in [-0.1, -0.05) is 11.2 Å². The molecule has 0 bridgehead atoms. The molecular weight excluding hydrogens is 289 g/mol. The minimum atomic E-state index is -4.48. The first-order valence-corrected chi connectivity index (χ1v) is 5.75. The van der Waals surface area contributed by atoms with Gasteiger partial charge in [-0.05, 0) is 18.2 Å². The number of halogens is 3. The van der Waals surface area contributed by atoms with Crippen LogP contribution in [0, 0.1) is 0 Å². The molecule has 0 atom stereocenters. The lowest BCUT2D eigenvalue weighted by molar-refractivity contribution is -0.136. The number of benzene rings is 1. The van der Waals surface area contributed by atoms with E-state index in [1.54, 1.807) is 0 Å². The van der Waals surface area contributed by atoms with Crippen molar-refractivity contribution < 1.29 is 27.6 Å². The summed E-state index contributed by atoms with van der Waals surface area (Å²) in [6, 6.07) is 6.16. The van der Waals surface area contributed by atoms with Crippen LogP contribution in [0.5, 0.6) is 0 Å². The summed E-state index contributed by atoms with van der Waals surface area (Å²) in [4.78, 5) is 13.5. The Kier molecular flexibility index (Phi) is 2.75. The van der Waals surface area contributed by atoms with E-state index in [4.69, 9.17) is 5.11 Å². The van der Waals surface area contributed by atoms with Gasteiger partial charge in [-0.2, -0.15) is 13.2 Å². The Morgan fingerprint density at radius 2 is 2.05 bits per heavy atom. The number of aromatic carboxylic acids is 1. The Labute approximate surface area is 115 Å². The molecule has 0 aliphatic carbocycles. The quantitative estimate of drug-likeness (QED) is 0.758. The van der Waals surface area contributed by atoms with Crippen molar-refractivity contribution in [1.29, 1.82) is 0 Å². The molecule has 0 radical (unpaired) electrons. The van der Waals surface area contributed by atoms with Crippen molar-refractivity contribution in [3.05, 3.63) is 41.7 Å². The third-order valence-corrected chi connectivity index (χ3v) is 2.97. The molecule has 3 rings (SSSR count). The number of nitrogens with zero attached hydrogens (tertiary/aromatic N) is 1. The summed E-state index contributed by atoms with van der Waals surface area (Å²) in [6.45, 7) is 0. The molecule has 0 fully saturated rings. The Balaban J connectivity index is 2.15. The summed E-state index contributed by atoms with van der Waals surface area (Å²) < 4.78 is 43.3. The van der Waals surface area contributed by atoms with Gasteiger partial charge in [0.15, 0.2) is 0 Å². The topological polar surface area (TPSA) is 79.1 Å². The van der Waals surface area contributed by atoms with E-state index in [2.05, 4.69) is 14.7 Å². The summed E-state index contributed by atoms with van der Waals surface area (Å²) in [6.07, 6.45) is -4.48. The number of fused-ring (bicyclic) bond motifs is 1. The number of aromatic nitrogens is 2. The Hall–Kier alpha value is -2.77. The van der Waals surface area contributed by atoms with Gasteiger partial charge in [0.05, 0.1) is 11.3 Å². The average Bonchev–Trinajstić information content (AvgIpc) is 3.03. The molecule has 0 saturated heterocycles. The molecule has 2 N–H and O–H groups in total. The fraction of sp³-hybridized carbons (Fsp3) is 0.0769. The monoisotopic (exact) mass is 296 g/mol. The van der Waals surface area contributed by atoms with Gasteiger partial charge in [0.2, 0.25) is 5.76 Å². The molecular formula is C13H7F3N2O3.